The Morgan fingerprint density at radius 1 is 1.21 bits per heavy atom. The average Bonchev–Trinajstić information content (AvgIpc) is 2.48. The van der Waals surface area contributed by atoms with E-state index in [4.69, 9.17) is 0 Å². The zero-order valence-electron chi connectivity index (χ0n) is 10.9. The quantitative estimate of drug-likeness (QED) is 0.777. The standard InChI is InChI=1S/C17H17NO/c19-17(15-8-4-10-18-12-15)11-14-7-3-6-13-5-1-2-9-16(13)14/h1-2,4-5,8-10,12,14H,3,6-7,11H2. The van der Waals surface area contributed by atoms with Crippen LogP contribution in [-0.4, -0.2) is 10.8 Å². The minimum Gasteiger partial charge on any atom is -0.294 e. The van der Waals surface area contributed by atoms with Crippen molar-refractivity contribution in [1.29, 1.82) is 0 Å². The van der Waals surface area contributed by atoms with Gasteiger partial charge < -0.3 is 0 Å². The number of fused-ring (bicyclic) bond motifs is 1. The monoisotopic (exact) mass is 251 g/mol. The molecular formula is C17H17NO. The number of rotatable bonds is 3. The molecule has 0 N–H and O–H groups in total. The lowest BCUT2D eigenvalue weighted by molar-refractivity contribution is 0.0970. The molecule has 1 atom stereocenters. The lowest BCUT2D eigenvalue weighted by Crippen LogP contribution is -2.14. The molecule has 19 heavy (non-hydrogen) atoms. The van der Waals surface area contributed by atoms with Crippen LogP contribution in [-0.2, 0) is 6.42 Å². The van der Waals surface area contributed by atoms with Gasteiger partial charge in [-0.15, -0.1) is 0 Å². The Morgan fingerprint density at radius 3 is 2.95 bits per heavy atom. The van der Waals surface area contributed by atoms with Gasteiger partial charge in [-0.3, -0.25) is 9.78 Å². The third kappa shape index (κ3) is 2.58. The number of benzene rings is 1. The van der Waals surface area contributed by atoms with Crippen LogP contribution in [0.5, 0.6) is 0 Å². The van der Waals surface area contributed by atoms with Gasteiger partial charge in [-0.2, -0.15) is 0 Å². The Kier molecular flexibility index (Phi) is 3.41. The van der Waals surface area contributed by atoms with Crippen molar-refractivity contribution in [2.75, 3.05) is 0 Å². The van der Waals surface area contributed by atoms with Crippen LogP contribution in [0, 0.1) is 0 Å². The molecule has 1 aromatic carbocycles. The predicted molar refractivity (Wildman–Crippen MR) is 75.3 cm³/mol. The highest BCUT2D eigenvalue weighted by Crippen LogP contribution is 2.34. The molecule has 0 radical (unpaired) electrons. The molecule has 2 heteroatoms. The number of nitrogens with zero attached hydrogens (tertiary/aromatic N) is 1. The van der Waals surface area contributed by atoms with Gasteiger partial charge in [0.05, 0.1) is 0 Å². The van der Waals surface area contributed by atoms with Gasteiger partial charge in [-0.25, -0.2) is 0 Å². The second-order valence-electron chi connectivity index (χ2n) is 5.16. The van der Waals surface area contributed by atoms with Crippen LogP contribution in [0.25, 0.3) is 0 Å². The van der Waals surface area contributed by atoms with E-state index < -0.39 is 0 Å². The van der Waals surface area contributed by atoms with Crippen LogP contribution in [0.2, 0.25) is 0 Å². The van der Waals surface area contributed by atoms with Crippen molar-refractivity contribution in [1.82, 2.24) is 4.98 Å². The van der Waals surface area contributed by atoms with Crippen molar-refractivity contribution in [3.8, 4) is 0 Å². The van der Waals surface area contributed by atoms with Gasteiger partial charge in [0.25, 0.3) is 0 Å². The number of carbonyl (C=O) groups excluding carboxylic acids is 1. The van der Waals surface area contributed by atoms with Crippen LogP contribution in [0.15, 0.2) is 48.8 Å². The maximum Gasteiger partial charge on any atom is 0.165 e. The number of carbonyl (C=O) groups is 1. The maximum absolute atomic E-state index is 12.3. The predicted octanol–water partition coefficient (Wildman–Crippen LogP) is 3.77. The molecule has 1 aliphatic carbocycles. The molecule has 1 aliphatic rings. The van der Waals surface area contributed by atoms with E-state index in [9.17, 15) is 4.79 Å². The molecule has 0 amide bonds. The molecule has 0 saturated heterocycles. The normalized spacial score (nSPS) is 17.8. The summed E-state index contributed by atoms with van der Waals surface area (Å²) in [5.41, 5.74) is 3.51. The fourth-order valence-electron chi connectivity index (χ4n) is 2.94. The number of hydrogen-bond acceptors (Lipinski definition) is 2. The zero-order chi connectivity index (χ0) is 13.1. The molecule has 0 bridgehead atoms. The van der Waals surface area contributed by atoms with Crippen molar-refractivity contribution in [2.24, 2.45) is 0 Å². The topological polar surface area (TPSA) is 30.0 Å². The van der Waals surface area contributed by atoms with Gasteiger partial charge in [0.2, 0.25) is 0 Å². The third-order valence-electron chi connectivity index (χ3n) is 3.91. The Balaban J connectivity index is 1.80. The zero-order valence-corrected chi connectivity index (χ0v) is 10.9. The fourth-order valence-corrected chi connectivity index (χ4v) is 2.94. The lowest BCUT2D eigenvalue weighted by Gasteiger charge is -2.24. The summed E-state index contributed by atoms with van der Waals surface area (Å²) in [5.74, 6) is 0.576. The lowest BCUT2D eigenvalue weighted by atomic mass is 9.80. The number of hydrogen-bond donors (Lipinski definition) is 0. The highest BCUT2D eigenvalue weighted by atomic mass is 16.1. The van der Waals surface area contributed by atoms with E-state index in [1.54, 1.807) is 12.4 Å². The van der Waals surface area contributed by atoms with E-state index in [0.29, 0.717) is 12.3 Å². The van der Waals surface area contributed by atoms with Gasteiger partial charge >= 0.3 is 0 Å². The van der Waals surface area contributed by atoms with Crippen LogP contribution >= 0.6 is 0 Å². The summed E-state index contributed by atoms with van der Waals surface area (Å²) < 4.78 is 0. The Hall–Kier alpha value is -1.96. The minimum atomic E-state index is 0.204. The smallest absolute Gasteiger partial charge is 0.165 e. The summed E-state index contributed by atoms with van der Waals surface area (Å²) in [6.07, 6.45) is 7.41. The summed E-state index contributed by atoms with van der Waals surface area (Å²) in [6.45, 7) is 0. The summed E-state index contributed by atoms with van der Waals surface area (Å²) in [6, 6.07) is 12.2. The Bertz CT molecular complexity index is 577. The number of aromatic nitrogens is 1. The minimum absolute atomic E-state index is 0.204. The second kappa shape index (κ2) is 5.35. The number of Topliss-reactive ketones (excluding diaryl/α,β-unsaturated/α-hetero) is 1. The van der Waals surface area contributed by atoms with Gasteiger partial charge in [-0.05, 0) is 48.4 Å². The molecule has 1 unspecified atom stereocenters. The van der Waals surface area contributed by atoms with E-state index in [0.717, 1.165) is 18.4 Å². The van der Waals surface area contributed by atoms with Crippen molar-refractivity contribution < 1.29 is 4.79 Å². The van der Waals surface area contributed by atoms with Crippen LogP contribution < -0.4 is 0 Å². The SMILES string of the molecule is O=C(CC1CCCc2ccccc21)c1cccnc1. The van der Waals surface area contributed by atoms with Gasteiger partial charge in [0, 0.05) is 24.4 Å². The average molecular weight is 251 g/mol. The number of ketones is 1. The summed E-state index contributed by atoms with van der Waals surface area (Å²) in [7, 11) is 0. The molecule has 0 aliphatic heterocycles. The van der Waals surface area contributed by atoms with Crippen molar-refractivity contribution in [3.05, 3.63) is 65.5 Å². The van der Waals surface area contributed by atoms with Gasteiger partial charge in [0.1, 0.15) is 0 Å². The van der Waals surface area contributed by atoms with Crippen LogP contribution in [0.3, 0.4) is 0 Å². The van der Waals surface area contributed by atoms with E-state index in [1.165, 1.54) is 17.5 Å². The molecular weight excluding hydrogens is 234 g/mol. The molecule has 0 fully saturated rings. The Morgan fingerprint density at radius 2 is 2.11 bits per heavy atom. The first-order valence-corrected chi connectivity index (χ1v) is 6.85. The van der Waals surface area contributed by atoms with Gasteiger partial charge in [0.15, 0.2) is 5.78 Å². The van der Waals surface area contributed by atoms with E-state index in [2.05, 4.69) is 29.2 Å². The van der Waals surface area contributed by atoms with E-state index in [-0.39, 0.29) is 5.78 Å². The molecule has 1 aromatic heterocycles. The summed E-state index contributed by atoms with van der Waals surface area (Å²) >= 11 is 0. The van der Waals surface area contributed by atoms with Crippen molar-refractivity contribution in [3.63, 3.8) is 0 Å². The van der Waals surface area contributed by atoms with Gasteiger partial charge in [-0.1, -0.05) is 24.3 Å². The highest BCUT2D eigenvalue weighted by Gasteiger charge is 2.22. The van der Waals surface area contributed by atoms with E-state index in [1.807, 2.05) is 12.1 Å². The number of aryl methyl sites for hydroxylation is 1. The molecule has 2 nitrogen and oxygen atoms in total. The molecule has 1 heterocycles. The number of pyridine rings is 1. The third-order valence-corrected chi connectivity index (χ3v) is 3.91. The fraction of sp³-hybridized carbons (Fsp3) is 0.294. The van der Waals surface area contributed by atoms with Crippen LogP contribution in [0.4, 0.5) is 0 Å². The molecule has 0 spiro atoms. The summed E-state index contributed by atoms with van der Waals surface area (Å²) in [5, 5.41) is 0. The molecule has 0 saturated carbocycles. The molecule has 2 aromatic rings. The van der Waals surface area contributed by atoms with Crippen molar-refractivity contribution >= 4 is 5.78 Å². The summed E-state index contributed by atoms with van der Waals surface area (Å²) in [4.78, 5) is 16.3. The molecule has 3 rings (SSSR count). The van der Waals surface area contributed by atoms with Crippen LogP contribution in [0.1, 0.15) is 46.7 Å². The second-order valence-corrected chi connectivity index (χ2v) is 5.16. The maximum atomic E-state index is 12.3. The first-order chi connectivity index (χ1) is 9.34. The first kappa shape index (κ1) is 12.1. The van der Waals surface area contributed by atoms with Crippen molar-refractivity contribution in [2.45, 2.75) is 31.6 Å². The first-order valence-electron chi connectivity index (χ1n) is 6.85. The highest BCUT2D eigenvalue weighted by molar-refractivity contribution is 5.96. The Labute approximate surface area is 113 Å². The molecule has 96 valence electrons. The largest absolute Gasteiger partial charge is 0.294 e. The van der Waals surface area contributed by atoms with E-state index >= 15 is 0 Å².